The molecule has 0 saturated heterocycles. The molecule has 0 N–H and O–H groups in total. The number of aldehydes is 1. The first-order chi connectivity index (χ1) is 4.20. The maximum absolute atomic E-state index is 10.3. The molecule has 2 nitrogen and oxygen atoms in total. The summed E-state index contributed by atoms with van der Waals surface area (Å²) in [5.74, 6) is -0.0704. The van der Waals surface area contributed by atoms with Crippen LogP contribution in [0.5, 0.6) is 0 Å². The zero-order valence-corrected chi connectivity index (χ0v) is 5.68. The first-order valence-electron chi connectivity index (χ1n) is 2.87. The zero-order chi connectivity index (χ0) is 7.28. The van der Waals surface area contributed by atoms with Crippen LogP contribution < -0.4 is 0 Å². The fourth-order valence-electron chi connectivity index (χ4n) is 0.480. The van der Waals surface area contributed by atoms with E-state index in [0.29, 0.717) is 18.3 Å². The monoisotopic (exact) mass is 126 g/mol. The Balaban J connectivity index is 4.07. The van der Waals surface area contributed by atoms with E-state index in [1.165, 1.54) is 13.0 Å². The molecule has 0 saturated carbocycles. The highest BCUT2D eigenvalue weighted by Crippen LogP contribution is 1.94. The third-order valence-corrected chi connectivity index (χ3v) is 0.948. The number of hydrogen-bond acceptors (Lipinski definition) is 2. The van der Waals surface area contributed by atoms with E-state index in [1.54, 1.807) is 0 Å². The maximum atomic E-state index is 10.3. The van der Waals surface area contributed by atoms with E-state index < -0.39 is 0 Å². The van der Waals surface area contributed by atoms with Gasteiger partial charge in [-0.25, -0.2) is 0 Å². The van der Waals surface area contributed by atoms with Crippen LogP contribution in [0.3, 0.4) is 0 Å². The predicted octanol–water partition coefficient (Wildman–Crippen LogP) is 1.11. The molecule has 0 aromatic rings. The van der Waals surface area contributed by atoms with Crippen molar-refractivity contribution >= 4 is 12.1 Å². The number of hydrogen-bond donors (Lipinski definition) is 0. The van der Waals surface area contributed by atoms with Gasteiger partial charge in [0.25, 0.3) is 0 Å². The first-order valence-corrected chi connectivity index (χ1v) is 2.87. The molecule has 0 bridgehead atoms. The Labute approximate surface area is 54.6 Å². The second-order valence-electron chi connectivity index (χ2n) is 1.80. The van der Waals surface area contributed by atoms with Crippen LogP contribution in [0.1, 0.15) is 20.3 Å². The molecule has 9 heavy (non-hydrogen) atoms. The van der Waals surface area contributed by atoms with E-state index in [-0.39, 0.29) is 5.78 Å². The number of ketones is 1. The molecule has 0 fully saturated rings. The van der Waals surface area contributed by atoms with E-state index in [9.17, 15) is 9.59 Å². The topological polar surface area (TPSA) is 34.1 Å². The predicted molar refractivity (Wildman–Crippen MR) is 35.1 cm³/mol. The van der Waals surface area contributed by atoms with Gasteiger partial charge in [0, 0.05) is 0 Å². The lowest BCUT2D eigenvalue weighted by molar-refractivity contribution is -0.113. The quantitative estimate of drug-likeness (QED) is 0.419. The van der Waals surface area contributed by atoms with Gasteiger partial charge in [-0.1, -0.05) is 6.92 Å². The van der Waals surface area contributed by atoms with Gasteiger partial charge in [-0.05, 0) is 25.0 Å². The molecule has 0 aliphatic heterocycles. The lowest BCUT2D eigenvalue weighted by Crippen LogP contribution is -1.88. The molecule has 0 aliphatic carbocycles. The van der Waals surface area contributed by atoms with Gasteiger partial charge >= 0.3 is 0 Å². The highest BCUT2D eigenvalue weighted by molar-refractivity contribution is 5.93. The summed E-state index contributed by atoms with van der Waals surface area (Å²) in [5, 5.41) is 0. The molecule has 0 heterocycles. The van der Waals surface area contributed by atoms with Gasteiger partial charge in [-0.3, -0.25) is 9.59 Å². The van der Waals surface area contributed by atoms with Crippen LogP contribution in [0, 0.1) is 0 Å². The van der Waals surface area contributed by atoms with E-state index in [1.807, 2.05) is 6.92 Å². The van der Waals surface area contributed by atoms with Crippen molar-refractivity contribution in [2.45, 2.75) is 20.3 Å². The summed E-state index contributed by atoms with van der Waals surface area (Å²) in [5.41, 5.74) is 0.558. The average Bonchev–Trinajstić information content (AvgIpc) is 1.82. The molecule has 0 spiro atoms. The van der Waals surface area contributed by atoms with E-state index in [4.69, 9.17) is 0 Å². The van der Waals surface area contributed by atoms with Crippen molar-refractivity contribution in [3.8, 4) is 0 Å². The Bertz CT molecular complexity index is 145. The van der Waals surface area contributed by atoms with E-state index in [0.717, 1.165) is 0 Å². The Morgan fingerprint density at radius 2 is 2.11 bits per heavy atom. The molecule has 2 heteroatoms. The molecule has 50 valence electrons. The van der Waals surface area contributed by atoms with Crippen molar-refractivity contribution in [1.82, 2.24) is 0 Å². The van der Waals surface area contributed by atoms with Gasteiger partial charge < -0.3 is 0 Å². The molecule has 0 aromatic heterocycles. The Kier molecular flexibility index (Phi) is 3.60. The minimum atomic E-state index is -0.0704. The van der Waals surface area contributed by atoms with Gasteiger partial charge in [-0.2, -0.15) is 0 Å². The van der Waals surface area contributed by atoms with Gasteiger partial charge in [0.05, 0.1) is 0 Å². The summed E-state index contributed by atoms with van der Waals surface area (Å²) >= 11 is 0. The van der Waals surface area contributed by atoms with Crippen molar-refractivity contribution in [2.24, 2.45) is 0 Å². The lowest BCUT2D eigenvalue weighted by Gasteiger charge is -1.87. The van der Waals surface area contributed by atoms with Crippen LogP contribution in [-0.4, -0.2) is 12.1 Å². The van der Waals surface area contributed by atoms with E-state index >= 15 is 0 Å². The summed E-state index contributed by atoms with van der Waals surface area (Å²) in [6, 6.07) is 0. The van der Waals surface area contributed by atoms with Crippen molar-refractivity contribution in [3.63, 3.8) is 0 Å². The zero-order valence-electron chi connectivity index (χ0n) is 5.68. The molecule has 0 rings (SSSR count). The largest absolute Gasteiger partial charge is 0.298 e. The van der Waals surface area contributed by atoms with Gasteiger partial charge in [0.2, 0.25) is 0 Å². The molecule has 0 unspecified atom stereocenters. The summed E-state index contributed by atoms with van der Waals surface area (Å²) in [7, 11) is 0. The smallest absolute Gasteiger partial charge is 0.153 e. The SMILES string of the molecule is CCC(C=O)=CC(C)=O. The van der Waals surface area contributed by atoms with Crippen molar-refractivity contribution in [1.29, 1.82) is 0 Å². The molecular formula is C7H10O2. The second kappa shape index (κ2) is 4.01. The fourth-order valence-corrected chi connectivity index (χ4v) is 0.480. The highest BCUT2D eigenvalue weighted by atomic mass is 16.1. The Morgan fingerprint density at radius 1 is 1.56 bits per heavy atom. The van der Waals surface area contributed by atoms with Crippen LogP contribution in [-0.2, 0) is 9.59 Å². The third kappa shape index (κ3) is 3.64. The van der Waals surface area contributed by atoms with Crippen molar-refractivity contribution in [2.75, 3.05) is 0 Å². The number of carbonyl (C=O) groups excluding carboxylic acids is 2. The average molecular weight is 126 g/mol. The minimum absolute atomic E-state index is 0.0704. The number of carbonyl (C=O) groups is 2. The Hall–Kier alpha value is -0.920. The molecular weight excluding hydrogens is 116 g/mol. The van der Waals surface area contributed by atoms with Crippen LogP contribution in [0.2, 0.25) is 0 Å². The van der Waals surface area contributed by atoms with Crippen molar-refractivity contribution < 1.29 is 9.59 Å². The third-order valence-electron chi connectivity index (χ3n) is 0.948. The van der Waals surface area contributed by atoms with Crippen molar-refractivity contribution in [3.05, 3.63) is 11.6 Å². The van der Waals surface area contributed by atoms with Crippen LogP contribution in [0.25, 0.3) is 0 Å². The summed E-state index contributed by atoms with van der Waals surface area (Å²) in [4.78, 5) is 20.4. The van der Waals surface area contributed by atoms with Crippen LogP contribution >= 0.6 is 0 Å². The first kappa shape index (κ1) is 8.08. The van der Waals surface area contributed by atoms with Gasteiger partial charge in [-0.15, -0.1) is 0 Å². The summed E-state index contributed by atoms with van der Waals surface area (Å²) in [6.45, 7) is 3.27. The minimum Gasteiger partial charge on any atom is -0.298 e. The van der Waals surface area contributed by atoms with Gasteiger partial charge in [0.1, 0.15) is 6.29 Å². The normalized spacial score (nSPS) is 11.1. The van der Waals surface area contributed by atoms with Crippen LogP contribution in [0.15, 0.2) is 11.6 Å². The number of rotatable bonds is 3. The molecule has 0 radical (unpaired) electrons. The second-order valence-corrected chi connectivity index (χ2v) is 1.80. The maximum Gasteiger partial charge on any atom is 0.153 e. The Morgan fingerprint density at radius 3 is 2.22 bits per heavy atom. The molecule has 0 atom stereocenters. The molecule has 0 aromatic carbocycles. The van der Waals surface area contributed by atoms with E-state index in [2.05, 4.69) is 0 Å². The number of allylic oxidation sites excluding steroid dienone is 2. The molecule has 0 amide bonds. The lowest BCUT2D eigenvalue weighted by atomic mass is 10.2. The van der Waals surface area contributed by atoms with Gasteiger partial charge in [0.15, 0.2) is 5.78 Å². The molecule has 0 aliphatic rings. The standard InChI is InChI=1S/C7H10O2/c1-3-7(5-8)4-6(2)9/h4-5H,3H2,1-2H3. The van der Waals surface area contributed by atoms with Crippen LogP contribution in [0.4, 0.5) is 0 Å². The summed E-state index contributed by atoms with van der Waals surface area (Å²) < 4.78 is 0. The fraction of sp³-hybridized carbons (Fsp3) is 0.429. The highest BCUT2D eigenvalue weighted by Gasteiger charge is 1.91. The summed E-state index contributed by atoms with van der Waals surface area (Å²) in [6.07, 6.45) is 2.69.